The summed E-state index contributed by atoms with van der Waals surface area (Å²) >= 11 is 3.61. The molecule has 4 aliphatic rings. The summed E-state index contributed by atoms with van der Waals surface area (Å²) in [7, 11) is 0.706. The molecule has 8 nitrogen and oxygen atoms in total. The van der Waals surface area contributed by atoms with Gasteiger partial charge in [-0.1, -0.05) is 222 Å². The van der Waals surface area contributed by atoms with Crippen molar-refractivity contribution in [3.63, 3.8) is 0 Å². The lowest BCUT2D eigenvalue weighted by atomic mass is 9.84. The number of hydrogen-bond donors (Lipinski definition) is 1. The molecule has 0 saturated carbocycles. The Bertz CT molecular complexity index is 6510. The van der Waals surface area contributed by atoms with Gasteiger partial charge in [-0.25, -0.2) is 0 Å². The van der Waals surface area contributed by atoms with Crippen molar-refractivity contribution in [2.75, 3.05) is 9.80 Å². The Morgan fingerprint density at radius 3 is 1.14 bits per heavy atom. The molecule has 18 aromatic rings. The summed E-state index contributed by atoms with van der Waals surface area (Å²) in [5, 5.41) is 16.4. The zero-order chi connectivity index (χ0) is 73.2. The monoisotopic (exact) mass is 1480 g/mol. The number of aromatic nitrogens is 2. The molecule has 2 aromatic heterocycles. The lowest BCUT2D eigenvalue weighted by Crippen LogP contribution is -2.16. The van der Waals surface area contributed by atoms with Crippen LogP contribution in [0.15, 0.2) is 369 Å². The van der Waals surface area contributed by atoms with Crippen LogP contribution in [-0.4, -0.2) is 21.8 Å². The highest BCUT2D eigenvalue weighted by Gasteiger charge is 2.30. The Morgan fingerprint density at radius 2 is 0.664 bits per heavy atom. The predicted molar refractivity (Wildman–Crippen MR) is 454 cm³/mol. The van der Waals surface area contributed by atoms with E-state index in [1.165, 1.54) is 105 Å². The second kappa shape index (κ2) is 28.1. The molecular formula is C100H69BBrN4O4. The standard InChI is InChI=1S/C50H34N2O.C30H20BrNO.C20H15BNO2/c1-3-11-33(12-4-1)45-32-51(42-13-5-2-6-14-42)46-24-22-37(31-44(45)46)34-19-20-35-26-40-29-41-30-43(23-21-36(41)27-39(40)28-38(35)25-34)52-47-15-7-9-17-49(47)53-50-18-10-8-16-48(50)52;31-25-11-9-19-13-22-16-24-18-26(12-10-20(24)14-21(22)15-23(19)17-25)32-27-5-1-3-7-29(27)33-30-8-4-2-6-28(30)32;23-21-24-17-11-12-20-18(13-17)19(15-7-3-1-4-8-15)14-22(20)16-9-5-2-6-10-16/h1-26,28,30-32H,27,29H2;1-13,15,17-18H,14,16H2;1-14,23H. The topological polar surface area (TPSA) is 64.3 Å². The second-order valence-electron chi connectivity index (χ2n) is 28.5. The zero-order valence-electron chi connectivity index (χ0n) is 59.9. The maximum absolute atomic E-state index is 8.91. The quantitative estimate of drug-likeness (QED) is 0.145. The number of anilines is 6. The summed E-state index contributed by atoms with van der Waals surface area (Å²) in [6.45, 7) is 0. The van der Waals surface area contributed by atoms with Crippen molar-refractivity contribution in [3.8, 4) is 73.5 Å². The molecule has 110 heavy (non-hydrogen) atoms. The Hall–Kier alpha value is -13.4. The van der Waals surface area contributed by atoms with E-state index in [1.807, 2.05) is 103 Å². The lowest BCUT2D eigenvalue weighted by molar-refractivity contribution is 0.454. The number of fused-ring (bicyclic) bond motifs is 12. The van der Waals surface area contributed by atoms with Crippen LogP contribution >= 0.6 is 15.9 Å². The molecule has 16 aromatic carbocycles. The minimum atomic E-state index is 0.605. The molecule has 4 heterocycles. The maximum atomic E-state index is 8.91. The summed E-state index contributed by atoms with van der Waals surface area (Å²) in [4.78, 5) is 4.66. The van der Waals surface area contributed by atoms with Gasteiger partial charge in [0.1, 0.15) is 5.75 Å². The van der Waals surface area contributed by atoms with Crippen LogP contribution in [0.1, 0.15) is 44.5 Å². The van der Waals surface area contributed by atoms with Gasteiger partial charge < -0.3 is 38.1 Å². The molecule has 0 atom stereocenters. The normalized spacial score (nSPS) is 12.6. The summed E-state index contributed by atoms with van der Waals surface area (Å²) in [5.41, 5.74) is 29.6. The maximum Gasteiger partial charge on any atom is 0.569 e. The van der Waals surface area contributed by atoms with Crippen LogP contribution in [0.4, 0.5) is 34.1 Å². The summed E-state index contributed by atoms with van der Waals surface area (Å²) in [6, 6.07) is 125. The third kappa shape index (κ3) is 12.3. The fourth-order valence-corrected chi connectivity index (χ4v) is 17.0. The van der Waals surface area contributed by atoms with Gasteiger partial charge in [0.25, 0.3) is 0 Å². The summed E-state index contributed by atoms with van der Waals surface area (Å²) in [5.74, 6) is 4.13. The van der Waals surface area contributed by atoms with Crippen molar-refractivity contribution in [1.29, 1.82) is 0 Å². The average molecular weight is 1480 g/mol. The fraction of sp³-hybridized carbons (Fsp3) is 0.0400. The average Bonchev–Trinajstić information content (AvgIpc) is 1.66. The van der Waals surface area contributed by atoms with Gasteiger partial charge in [0.2, 0.25) is 0 Å². The molecule has 2 aliphatic carbocycles. The molecule has 10 heteroatoms. The van der Waals surface area contributed by atoms with E-state index in [-0.39, 0.29) is 0 Å². The first-order valence-electron chi connectivity index (χ1n) is 37.3. The Kier molecular flexibility index (Phi) is 16.9. The number of rotatable bonds is 9. The number of hydrogen-bond acceptors (Lipinski definition) is 6. The lowest BCUT2D eigenvalue weighted by Gasteiger charge is -2.33. The van der Waals surface area contributed by atoms with Crippen LogP contribution < -0.4 is 23.9 Å². The zero-order valence-corrected chi connectivity index (χ0v) is 61.5. The van der Waals surface area contributed by atoms with Crippen LogP contribution in [0.25, 0.3) is 88.1 Å². The number of nitrogens with zero attached hydrogens (tertiary/aromatic N) is 4. The highest BCUT2D eigenvalue weighted by atomic mass is 79.9. The van der Waals surface area contributed by atoms with Gasteiger partial charge in [0.05, 0.1) is 33.8 Å². The molecule has 0 bridgehead atoms. The number of ether oxygens (including phenoxy) is 2. The molecule has 22 rings (SSSR count). The van der Waals surface area contributed by atoms with E-state index in [9.17, 15) is 0 Å². The SMILES string of the molecule is Brc1ccc2cc3c(cc2c1)Cc1ccc(N2c4ccccc4Oc4ccccc42)cc1C3.O[B]Oc1ccc2c(c1)c(-c1ccccc1)cn2-c1ccccc1.c1ccc(-c2cn(-c3ccccc3)c3ccc(-c4ccc5cc6c(cc5c4)Cc4ccc(N5c7ccccc7Oc7ccccc75)cc4C6)cc23)cc1. The molecule has 0 amide bonds. The van der Waals surface area contributed by atoms with Crippen LogP contribution in [0.5, 0.6) is 28.7 Å². The third-order valence-corrected chi connectivity index (χ3v) is 22.4. The summed E-state index contributed by atoms with van der Waals surface area (Å²) in [6.07, 6.45) is 8.21. The van der Waals surface area contributed by atoms with Crippen molar-refractivity contribution in [2.24, 2.45) is 0 Å². The Morgan fingerprint density at radius 1 is 0.291 bits per heavy atom. The van der Waals surface area contributed by atoms with E-state index in [0.29, 0.717) is 13.4 Å². The molecule has 0 unspecified atom stereocenters. The van der Waals surface area contributed by atoms with Crippen molar-refractivity contribution < 1.29 is 19.2 Å². The van der Waals surface area contributed by atoms with Crippen molar-refractivity contribution in [3.05, 3.63) is 413 Å². The van der Waals surface area contributed by atoms with Crippen molar-refractivity contribution in [2.45, 2.75) is 25.7 Å². The first-order chi connectivity index (χ1) is 54.3. The van der Waals surface area contributed by atoms with Gasteiger partial charge >= 0.3 is 7.69 Å². The molecule has 523 valence electrons. The largest absolute Gasteiger partial charge is 0.569 e. The molecule has 0 fully saturated rings. The molecule has 0 saturated heterocycles. The predicted octanol–water partition coefficient (Wildman–Crippen LogP) is 26.1. The second-order valence-corrected chi connectivity index (χ2v) is 29.4. The fourth-order valence-electron chi connectivity index (χ4n) is 16.6. The van der Waals surface area contributed by atoms with Crippen molar-refractivity contribution >= 4 is 101 Å². The molecular weight excluding hydrogens is 1410 g/mol. The van der Waals surface area contributed by atoms with E-state index in [1.54, 1.807) is 0 Å². The van der Waals surface area contributed by atoms with Crippen LogP contribution in [0, 0.1) is 0 Å². The van der Waals surface area contributed by atoms with E-state index in [0.717, 1.165) is 115 Å². The van der Waals surface area contributed by atoms with Gasteiger partial charge in [-0.05, 0) is 260 Å². The van der Waals surface area contributed by atoms with Gasteiger partial charge in [0, 0.05) is 61.5 Å². The van der Waals surface area contributed by atoms with Crippen molar-refractivity contribution in [1.82, 2.24) is 9.13 Å². The van der Waals surface area contributed by atoms with Gasteiger partial charge in [0.15, 0.2) is 23.0 Å². The van der Waals surface area contributed by atoms with E-state index in [4.69, 9.17) is 19.2 Å². The van der Waals surface area contributed by atoms with E-state index >= 15 is 0 Å². The smallest absolute Gasteiger partial charge is 0.537 e. The molecule has 0 spiro atoms. The number of benzene rings is 16. The van der Waals surface area contributed by atoms with Crippen LogP contribution in [-0.2, 0) is 25.7 Å². The number of halogens is 1. The first-order valence-corrected chi connectivity index (χ1v) is 38.1. The molecule has 2 aliphatic heterocycles. The minimum absolute atomic E-state index is 0.605. The van der Waals surface area contributed by atoms with Gasteiger partial charge in [-0.15, -0.1) is 0 Å². The third-order valence-electron chi connectivity index (χ3n) is 21.9. The highest BCUT2D eigenvalue weighted by molar-refractivity contribution is 9.10. The van der Waals surface area contributed by atoms with E-state index in [2.05, 4.69) is 296 Å². The summed E-state index contributed by atoms with van der Waals surface area (Å²) < 4.78 is 23.2. The Labute approximate surface area is 647 Å². The van der Waals surface area contributed by atoms with Gasteiger partial charge in [-0.2, -0.15) is 0 Å². The Balaban J connectivity index is 0.000000118. The molecule has 1 radical (unpaired) electrons. The molecule has 1 N–H and O–H groups in total. The van der Waals surface area contributed by atoms with Gasteiger partial charge in [-0.3, -0.25) is 0 Å². The van der Waals surface area contributed by atoms with E-state index < -0.39 is 0 Å². The minimum Gasteiger partial charge on any atom is -0.537 e. The number of para-hydroxylation sites is 10. The van der Waals surface area contributed by atoms with Crippen LogP contribution in [0.3, 0.4) is 0 Å². The van der Waals surface area contributed by atoms with Crippen LogP contribution in [0.2, 0.25) is 0 Å². The highest BCUT2D eigenvalue weighted by Crippen LogP contribution is 2.53. The first kappa shape index (κ1) is 66.1.